The molecule has 0 unspecified atom stereocenters. The first-order valence-corrected chi connectivity index (χ1v) is 11.2. The van der Waals surface area contributed by atoms with E-state index in [0.717, 1.165) is 5.57 Å². The Balaban J connectivity index is 4.95. The van der Waals surface area contributed by atoms with Gasteiger partial charge in [0.1, 0.15) is 6.79 Å². The van der Waals surface area contributed by atoms with Crippen molar-refractivity contribution in [3.8, 4) is 0 Å². The fourth-order valence-electron chi connectivity index (χ4n) is 1.78. The average molecular weight is 345 g/mol. The first-order valence-electron chi connectivity index (χ1n) is 8.28. The van der Waals surface area contributed by atoms with Crippen LogP contribution >= 0.6 is 0 Å². The molecule has 4 nitrogen and oxygen atoms in total. The molecule has 0 aromatic rings. The Labute approximate surface area is 143 Å². The summed E-state index contributed by atoms with van der Waals surface area (Å²) in [5, 5.41) is 10.2. The van der Waals surface area contributed by atoms with Crippen LogP contribution in [0.1, 0.15) is 41.0 Å². The zero-order chi connectivity index (χ0) is 18.1. The summed E-state index contributed by atoms with van der Waals surface area (Å²) in [5.74, 6) is 0. The third-order valence-corrected chi connectivity index (χ3v) is 8.71. The highest BCUT2D eigenvalue weighted by atomic mass is 28.4. The van der Waals surface area contributed by atoms with Gasteiger partial charge in [-0.25, -0.2) is 0 Å². The molecule has 0 bridgehead atoms. The van der Waals surface area contributed by atoms with Crippen LogP contribution in [0.2, 0.25) is 18.1 Å². The highest BCUT2D eigenvalue weighted by Gasteiger charge is 2.37. The van der Waals surface area contributed by atoms with E-state index in [-0.39, 0.29) is 17.9 Å². The van der Waals surface area contributed by atoms with Crippen LogP contribution in [-0.2, 0) is 13.9 Å². The van der Waals surface area contributed by atoms with E-state index in [1.54, 1.807) is 13.2 Å². The summed E-state index contributed by atoms with van der Waals surface area (Å²) in [6.07, 6.45) is 5.66. The van der Waals surface area contributed by atoms with Crippen LogP contribution in [-0.4, -0.2) is 46.1 Å². The van der Waals surface area contributed by atoms with Gasteiger partial charge in [0.15, 0.2) is 8.32 Å². The number of rotatable bonds is 10. The van der Waals surface area contributed by atoms with Gasteiger partial charge in [0.25, 0.3) is 0 Å². The summed E-state index contributed by atoms with van der Waals surface area (Å²) >= 11 is 0. The molecule has 0 aromatic heterocycles. The van der Waals surface area contributed by atoms with Gasteiger partial charge in [0, 0.05) is 13.5 Å². The Morgan fingerprint density at radius 3 is 2.35 bits per heavy atom. The molecule has 0 saturated heterocycles. The highest BCUT2D eigenvalue weighted by molar-refractivity contribution is 6.74. The van der Waals surface area contributed by atoms with E-state index in [2.05, 4.69) is 33.9 Å². The predicted octanol–water partition coefficient (Wildman–Crippen LogP) is 4.27. The molecule has 0 aliphatic heterocycles. The lowest BCUT2D eigenvalue weighted by molar-refractivity contribution is -0.0499. The standard InChI is InChI=1S/C18H36O4Si/c1-9-10-17(19)12-16(11-15(2)21-14-20-6)13-22-23(7,8)18(3,4)5/h9-11,15,17,19H,12-14H2,1-8H3/b10-9+,16-11+/t15-,17-/m0/s1. The molecule has 0 radical (unpaired) electrons. The third-order valence-electron chi connectivity index (χ3n) is 4.23. The van der Waals surface area contributed by atoms with E-state index < -0.39 is 14.4 Å². The van der Waals surface area contributed by atoms with E-state index in [4.69, 9.17) is 13.9 Å². The van der Waals surface area contributed by atoms with Crippen molar-refractivity contribution >= 4 is 8.32 Å². The normalized spacial score (nSPS) is 16.8. The molecule has 0 amide bonds. The highest BCUT2D eigenvalue weighted by Crippen LogP contribution is 2.36. The molecule has 2 atom stereocenters. The van der Waals surface area contributed by atoms with Crippen molar-refractivity contribution in [3.63, 3.8) is 0 Å². The van der Waals surface area contributed by atoms with Crippen molar-refractivity contribution < 1.29 is 19.0 Å². The molecule has 0 aromatic carbocycles. The van der Waals surface area contributed by atoms with Crippen molar-refractivity contribution in [2.24, 2.45) is 0 Å². The summed E-state index contributed by atoms with van der Waals surface area (Å²) < 4.78 is 16.7. The molecule has 0 aliphatic rings. The van der Waals surface area contributed by atoms with Crippen LogP contribution in [0.5, 0.6) is 0 Å². The maximum absolute atomic E-state index is 10.1. The minimum atomic E-state index is -1.82. The maximum Gasteiger partial charge on any atom is 0.192 e. The molecular formula is C18H36O4Si. The Morgan fingerprint density at radius 1 is 1.26 bits per heavy atom. The van der Waals surface area contributed by atoms with Crippen LogP contribution < -0.4 is 0 Å². The Hall–Kier alpha value is -0.463. The largest absolute Gasteiger partial charge is 0.413 e. The second-order valence-corrected chi connectivity index (χ2v) is 12.3. The van der Waals surface area contributed by atoms with Crippen LogP contribution in [0, 0.1) is 0 Å². The van der Waals surface area contributed by atoms with Crippen molar-refractivity contribution in [2.75, 3.05) is 20.5 Å². The number of ether oxygens (including phenoxy) is 2. The number of aliphatic hydroxyl groups excluding tert-OH is 1. The number of allylic oxidation sites excluding steroid dienone is 1. The molecule has 23 heavy (non-hydrogen) atoms. The lowest BCUT2D eigenvalue weighted by Crippen LogP contribution is -2.41. The van der Waals surface area contributed by atoms with E-state index >= 15 is 0 Å². The number of hydrogen-bond donors (Lipinski definition) is 1. The first-order chi connectivity index (χ1) is 10.5. The minimum absolute atomic E-state index is 0.0780. The first kappa shape index (κ1) is 22.5. The van der Waals surface area contributed by atoms with Gasteiger partial charge in [-0.05, 0) is 37.6 Å². The molecule has 136 valence electrons. The predicted molar refractivity (Wildman–Crippen MR) is 99.1 cm³/mol. The van der Waals surface area contributed by atoms with Crippen molar-refractivity contribution in [1.82, 2.24) is 0 Å². The van der Waals surface area contributed by atoms with Gasteiger partial charge in [-0.3, -0.25) is 0 Å². The molecule has 0 fully saturated rings. The zero-order valence-corrected chi connectivity index (χ0v) is 17.2. The Bertz CT molecular complexity index is 383. The lowest BCUT2D eigenvalue weighted by Gasteiger charge is -2.36. The number of aliphatic hydroxyl groups is 1. The molecule has 0 heterocycles. The topological polar surface area (TPSA) is 47.9 Å². The molecule has 0 aliphatic carbocycles. The van der Waals surface area contributed by atoms with Gasteiger partial charge < -0.3 is 19.0 Å². The minimum Gasteiger partial charge on any atom is -0.413 e. The maximum atomic E-state index is 10.1. The Kier molecular flexibility index (Phi) is 10.2. The quantitative estimate of drug-likeness (QED) is 0.365. The summed E-state index contributed by atoms with van der Waals surface area (Å²) in [6, 6.07) is 0. The third kappa shape index (κ3) is 9.42. The molecule has 1 N–H and O–H groups in total. The number of methoxy groups -OCH3 is 1. The molecule has 0 saturated carbocycles. The average Bonchev–Trinajstić information content (AvgIpc) is 2.41. The second kappa shape index (κ2) is 10.4. The zero-order valence-electron chi connectivity index (χ0n) is 16.2. The summed E-state index contributed by atoms with van der Waals surface area (Å²) in [7, 11) is -0.215. The van der Waals surface area contributed by atoms with Gasteiger partial charge in [0.05, 0.1) is 18.8 Å². The van der Waals surface area contributed by atoms with Gasteiger partial charge >= 0.3 is 0 Å². The molecule has 5 heteroatoms. The monoisotopic (exact) mass is 344 g/mol. The van der Waals surface area contributed by atoms with Gasteiger partial charge in [0.2, 0.25) is 0 Å². The molecular weight excluding hydrogens is 308 g/mol. The van der Waals surface area contributed by atoms with Gasteiger partial charge in [-0.1, -0.05) is 39.0 Å². The van der Waals surface area contributed by atoms with Crippen molar-refractivity contribution in [1.29, 1.82) is 0 Å². The molecule has 0 rings (SSSR count). The van der Waals surface area contributed by atoms with Crippen LogP contribution in [0.3, 0.4) is 0 Å². The van der Waals surface area contributed by atoms with E-state index in [1.165, 1.54) is 0 Å². The van der Waals surface area contributed by atoms with Gasteiger partial charge in [-0.15, -0.1) is 0 Å². The fourth-order valence-corrected chi connectivity index (χ4v) is 2.76. The summed E-state index contributed by atoms with van der Waals surface area (Å²) in [4.78, 5) is 0. The fraction of sp³-hybridized carbons (Fsp3) is 0.778. The van der Waals surface area contributed by atoms with Crippen LogP contribution in [0.15, 0.2) is 23.8 Å². The van der Waals surface area contributed by atoms with Crippen LogP contribution in [0.4, 0.5) is 0 Å². The smallest absolute Gasteiger partial charge is 0.192 e. The van der Waals surface area contributed by atoms with E-state index in [9.17, 15) is 5.11 Å². The SMILES string of the molecule is C/C=C/[C@H](O)C/C(=C\[C@H](C)OCOC)CO[Si](C)(C)C(C)(C)C. The van der Waals surface area contributed by atoms with Crippen molar-refractivity contribution in [2.45, 2.75) is 71.4 Å². The Morgan fingerprint density at radius 2 is 1.87 bits per heavy atom. The molecule has 0 spiro atoms. The summed E-state index contributed by atoms with van der Waals surface area (Å²) in [5.41, 5.74) is 1.06. The number of hydrogen-bond acceptors (Lipinski definition) is 4. The van der Waals surface area contributed by atoms with Crippen LogP contribution in [0.25, 0.3) is 0 Å². The lowest BCUT2D eigenvalue weighted by atomic mass is 10.1. The van der Waals surface area contributed by atoms with E-state index in [1.807, 2.05) is 26.0 Å². The van der Waals surface area contributed by atoms with E-state index in [0.29, 0.717) is 13.0 Å². The van der Waals surface area contributed by atoms with Gasteiger partial charge in [-0.2, -0.15) is 0 Å². The second-order valence-electron chi connectivity index (χ2n) is 7.45. The van der Waals surface area contributed by atoms with Crippen molar-refractivity contribution in [3.05, 3.63) is 23.8 Å². The summed E-state index contributed by atoms with van der Waals surface area (Å²) in [6.45, 7) is 15.8.